The van der Waals surface area contributed by atoms with Gasteiger partial charge in [0.25, 0.3) is 5.91 Å². The number of fused-ring (bicyclic) bond motifs is 2. The number of nitrogens with two attached hydrogens (primary N) is 1. The molecule has 2 heterocycles. The van der Waals surface area contributed by atoms with Gasteiger partial charge >= 0.3 is 0 Å². The highest BCUT2D eigenvalue weighted by atomic mass is 32.2. The summed E-state index contributed by atoms with van der Waals surface area (Å²) in [5, 5.41) is 4.22. The number of thiophene rings is 1. The maximum absolute atomic E-state index is 12.6. The van der Waals surface area contributed by atoms with Crippen LogP contribution in [-0.2, 0) is 28.9 Å². The molecule has 9 heteroatoms. The van der Waals surface area contributed by atoms with Gasteiger partial charge in [0.2, 0.25) is 5.91 Å². The molecule has 1 aromatic carbocycles. The number of ether oxygens (including phenoxy) is 1. The smallest absolute Gasteiger partial charge is 0.251 e. The van der Waals surface area contributed by atoms with Crippen molar-refractivity contribution >= 4 is 50.9 Å². The summed E-state index contributed by atoms with van der Waals surface area (Å²) < 4.78 is 7.27. The molecule has 0 saturated carbocycles. The summed E-state index contributed by atoms with van der Waals surface area (Å²) >= 11 is 2.83. The molecule has 3 N–H and O–H groups in total. The van der Waals surface area contributed by atoms with Crippen molar-refractivity contribution in [3.8, 4) is 0 Å². The first kappa shape index (κ1) is 19.9. The summed E-state index contributed by atoms with van der Waals surface area (Å²) in [6.45, 7) is 1.22. The molecular weight excluding hydrogens is 408 g/mol. The van der Waals surface area contributed by atoms with Crippen LogP contribution in [0.15, 0.2) is 29.4 Å². The number of hydrogen-bond donors (Lipinski definition) is 2. The lowest BCUT2D eigenvalue weighted by molar-refractivity contribution is -0.113. The summed E-state index contributed by atoms with van der Waals surface area (Å²) in [5.74, 6) is -0.464. The highest BCUT2D eigenvalue weighted by Crippen LogP contribution is 2.39. The Morgan fingerprint density at radius 3 is 2.97 bits per heavy atom. The summed E-state index contributed by atoms with van der Waals surface area (Å²) in [6, 6.07) is 7.87. The average Bonchev–Trinajstić information content (AvgIpc) is 3.36. The van der Waals surface area contributed by atoms with E-state index in [2.05, 4.69) is 14.9 Å². The minimum atomic E-state index is -0.478. The molecule has 0 spiro atoms. The number of anilines is 1. The molecule has 0 radical (unpaired) electrons. The van der Waals surface area contributed by atoms with Crippen LogP contribution < -0.4 is 11.1 Å². The predicted molar refractivity (Wildman–Crippen MR) is 116 cm³/mol. The van der Waals surface area contributed by atoms with Gasteiger partial charge in [-0.25, -0.2) is 4.98 Å². The quantitative estimate of drug-likeness (QED) is 0.535. The number of aromatic nitrogens is 2. The monoisotopic (exact) mass is 430 g/mol. The molecule has 3 aromatic rings. The highest BCUT2D eigenvalue weighted by molar-refractivity contribution is 7.99. The predicted octanol–water partition coefficient (Wildman–Crippen LogP) is 3.06. The number of amides is 2. The molecular formula is C20H22N4O3S2. The van der Waals surface area contributed by atoms with Gasteiger partial charge in [0.05, 0.1) is 29.0 Å². The number of rotatable bonds is 8. The fraction of sp³-hybridized carbons (Fsp3) is 0.350. The molecule has 4 rings (SSSR count). The molecule has 1 aliphatic carbocycles. The number of benzene rings is 1. The van der Waals surface area contributed by atoms with Crippen molar-refractivity contribution in [3.05, 3.63) is 40.3 Å². The number of carbonyl (C=O) groups excluding carboxylic acids is 2. The third kappa shape index (κ3) is 4.03. The van der Waals surface area contributed by atoms with Gasteiger partial charge in [-0.1, -0.05) is 23.9 Å². The van der Waals surface area contributed by atoms with E-state index in [-0.39, 0.29) is 11.7 Å². The van der Waals surface area contributed by atoms with Gasteiger partial charge in [-0.05, 0) is 37.0 Å². The third-order valence-electron chi connectivity index (χ3n) is 4.89. The Balaban J connectivity index is 1.49. The number of primary amides is 1. The lowest BCUT2D eigenvalue weighted by Gasteiger charge is -2.09. The van der Waals surface area contributed by atoms with E-state index in [0.29, 0.717) is 23.7 Å². The molecule has 2 aromatic heterocycles. The van der Waals surface area contributed by atoms with Crippen molar-refractivity contribution < 1.29 is 14.3 Å². The van der Waals surface area contributed by atoms with Crippen LogP contribution in [0.3, 0.4) is 0 Å². The van der Waals surface area contributed by atoms with Crippen LogP contribution in [0.1, 0.15) is 27.2 Å². The van der Waals surface area contributed by atoms with E-state index in [1.807, 2.05) is 24.3 Å². The maximum Gasteiger partial charge on any atom is 0.251 e. The fourth-order valence-electron chi connectivity index (χ4n) is 3.61. The van der Waals surface area contributed by atoms with Crippen molar-refractivity contribution in [2.45, 2.75) is 31.0 Å². The first-order chi connectivity index (χ1) is 14.1. The van der Waals surface area contributed by atoms with Crippen molar-refractivity contribution in [2.24, 2.45) is 5.73 Å². The summed E-state index contributed by atoms with van der Waals surface area (Å²) in [7, 11) is 1.66. The summed E-state index contributed by atoms with van der Waals surface area (Å²) in [5.41, 5.74) is 8.95. The molecule has 29 heavy (non-hydrogen) atoms. The SMILES string of the molecule is COCCn1c(SCC(=O)Nc2sc3c(c2C(N)=O)CCC3)nc2ccccc21. The van der Waals surface area contributed by atoms with Gasteiger partial charge in [-0.3, -0.25) is 9.59 Å². The molecule has 0 saturated heterocycles. The lowest BCUT2D eigenvalue weighted by atomic mass is 10.1. The van der Waals surface area contributed by atoms with Crippen molar-refractivity contribution in [1.29, 1.82) is 0 Å². The topological polar surface area (TPSA) is 99.2 Å². The molecule has 7 nitrogen and oxygen atoms in total. The van der Waals surface area contributed by atoms with Gasteiger partial charge < -0.3 is 20.4 Å². The van der Waals surface area contributed by atoms with Crippen LogP contribution >= 0.6 is 23.1 Å². The van der Waals surface area contributed by atoms with E-state index in [1.165, 1.54) is 23.1 Å². The number of nitrogens with one attached hydrogen (secondary N) is 1. The number of aryl methyl sites for hydroxylation is 1. The fourth-order valence-corrected chi connectivity index (χ4v) is 5.76. The van der Waals surface area contributed by atoms with E-state index in [9.17, 15) is 9.59 Å². The number of hydrogen-bond acceptors (Lipinski definition) is 6. The van der Waals surface area contributed by atoms with Crippen molar-refractivity contribution in [3.63, 3.8) is 0 Å². The Hall–Kier alpha value is -2.36. The van der Waals surface area contributed by atoms with Crippen LogP contribution in [0, 0.1) is 0 Å². The Kier molecular flexibility index (Phi) is 5.89. The number of para-hydroxylation sites is 2. The van der Waals surface area contributed by atoms with E-state index in [4.69, 9.17) is 10.5 Å². The Bertz CT molecular complexity index is 1070. The minimum Gasteiger partial charge on any atom is -0.383 e. The third-order valence-corrected chi connectivity index (χ3v) is 7.08. The summed E-state index contributed by atoms with van der Waals surface area (Å²) in [6.07, 6.45) is 2.82. The van der Waals surface area contributed by atoms with E-state index in [0.717, 1.165) is 45.9 Å². The number of carbonyl (C=O) groups is 2. The Labute approximate surface area is 176 Å². The zero-order chi connectivity index (χ0) is 20.4. The number of nitrogens with zero attached hydrogens (tertiary/aromatic N) is 2. The first-order valence-corrected chi connectivity index (χ1v) is 11.2. The molecule has 0 fully saturated rings. The maximum atomic E-state index is 12.6. The Morgan fingerprint density at radius 1 is 1.34 bits per heavy atom. The van der Waals surface area contributed by atoms with Gasteiger partial charge in [0.15, 0.2) is 5.16 Å². The first-order valence-electron chi connectivity index (χ1n) is 9.39. The second kappa shape index (κ2) is 8.56. The van der Waals surface area contributed by atoms with Crippen molar-refractivity contribution in [2.75, 3.05) is 24.8 Å². The largest absolute Gasteiger partial charge is 0.383 e. The van der Waals surface area contributed by atoms with E-state index in [1.54, 1.807) is 7.11 Å². The molecule has 2 amide bonds. The second-order valence-electron chi connectivity index (χ2n) is 6.79. The van der Waals surface area contributed by atoms with Crippen LogP contribution in [-0.4, -0.2) is 40.8 Å². The number of imidazole rings is 1. The minimum absolute atomic E-state index is 0.178. The summed E-state index contributed by atoms with van der Waals surface area (Å²) in [4.78, 5) is 30.3. The lowest BCUT2D eigenvalue weighted by Crippen LogP contribution is -2.19. The van der Waals surface area contributed by atoms with Crippen molar-refractivity contribution in [1.82, 2.24) is 9.55 Å². The standard InChI is InChI=1S/C20H22N4O3S2/c1-27-10-9-24-14-7-3-2-6-13(14)22-20(24)28-11-16(25)23-19-17(18(21)26)12-5-4-8-15(12)29-19/h2-3,6-7H,4-5,8-11H2,1H3,(H2,21,26)(H,23,25). The van der Waals surface area contributed by atoms with Crippen LogP contribution in [0.4, 0.5) is 5.00 Å². The van der Waals surface area contributed by atoms with Gasteiger partial charge in [0, 0.05) is 18.5 Å². The molecule has 0 aliphatic heterocycles. The molecule has 1 aliphatic rings. The second-order valence-corrected chi connectivity index (χ2v) is 8.84. The number of methoxy groups -OCH3 is 1. The van der Waals surface area contributed by atoms with E-state index < -0.39 is 5.91 Å². The highest BCUT2D eigenvalue weighted by Gasteiger charge is 2.26. The molecule has 152 valence electrons. The van der Waals surface area contributed by atoms with E-state index >= 15 is 0 Å². The van der Waals surface area contributed by atoms with Gasteiger partial charge in [-0.15, -0.1) is 11.3 Å². The van der Waals surface area contributed by atoms with Gasteiger partial charge in [-0.2, -0.15) is 0 Å². The van der Waals surface area contributed by atoms with Crippen LogP contribution in [0.2, 0.25) is 0 Å². The normalized spacial score (nSPS) is 13.0. The average molecular weight is 431 g/mol. The number of thioether (sulfide) groups is 1. The molecule has 0 bridgehead atoms. The van der Waals surface area contributed by atoms with Crippen LogP contribution in [0.5, 0.6) is 0 Å². The molecule has 0 unspecified atom stereocenters. The van der Waals surface area contributed by atoms with Crippen LogP contribution in [0.25, 0.3) is 11.0 Å². The zero-order valence-corrected chi connectivity index (χ0v) is 17.7. The van der Waals surface area contributed by atoms with Gasteiger partial charge in [0.1, 0.15) is 5.00 Å². The molecule has 0 atom stereocenters. The zero-order valence-electron chi connectivity index (χ0n) is 16.1. The Morgan fingerprint density at radius 2 is 2.17 bits per heavy atom.